The van der Waals surface area contributed by atoms with E-state index in [1.165, 1.54) is 0 Å². The summed E-state index contributed by atoms with van der Waals surface area (Å²) in [6.45, 7) is 5.54. The van der Waals surface area contributed by atoms with Gasteiger partial charge in [-0.25, -0.2) is 4.99 Å². The molecule has 0 bridgehead atoms. The van der Waals surface area contributed by atoms with Gasteiger partial charge in [-0.05, 0) is 31.0 Å². The number of rotatable bonds is 7. The van der Waals surface area contributed by atoms with E-state index in [-0.39, 0.29) is 29.9 Å². The maximum absolute atomic E-state index is 11.7. The molecule has 0 unspecified atom stereocenters. The number of hydrogen-bond donors (Lipinski definition) is 3. The zero-order valence-corrected chi connectivity index (χ0v) is 17.5. The van der Waals surface area contributed by atoms with Gasteiger partial charge >= 0.3 is 0 Å². The maximum atomic E-state index is 11.7. The smallest absolute Gasteiger partial charge is 0.251 e. The van der Waals surface area contributed by atoms with Crippen molar-refractivity contribution in [2.24, 2.45) is 4.99 Å². The highest BCUT2D eigenvalue weighted by molar-refractivity contribution is 14.0. The Morgan fingerprint density at radius 3 is 2.77 bits per heavy atom. The van der Waals surface area contributed by atoms with E-state index in [1.54, 1.807) is 20.0 Å². The summed E-state index contributed by atoms with van der Waals surface area (Å²) in [5.41, 5.74) is 1.74. The van der Waals surface area contributed by atoms with Crippen LogP contribution >= 0.6 is 24.0 Å². The molecule has 2 rings (SSSR count). The van der Waals surface area contributed by atoms with Gasteiger partial charge in [-0.1, -0.05) is 17.3 Å². The van der Waals surface area contributed by atoms with E-state index < -0.39 is 0 Å². The van der Waals surface area contributed by atoms with Gasteiger partial charge in [0.15, 0.2) is 11.8 Å². The van der Waals surface area contributed by atoms with Gasteiger partial charge in [-0.3, -0.25) is 4.79 Å². The van der Waals surface area contributed by atoms with Crippen molar-refractivity contribution in [1.82, 2.24) is 26.1 Å². The van der Waals surface area contributed by atoms with E-state index in [2.05, 4.69) is 31.1 Å². The van der Waals surface area contributed by atoms with Crippen LogP contribution in [0, 0.1) is 6.92 Å². The summed E-state index contributed by atoms with van der Waals surface area (Å²) in [7, 11) is 1.63. The zero-order chi connectivity index (χ0) is 18.1. The molecule has 0 aliphatic heterocycles. The van der Waals surface area contributed by atoms with Gasteiger partial charge in [0.2, 0.25) is 5.89 Å². The van der Waals surface area contributed by atoms with E-state index in [1.807, 2.05) is 25.1 Å². The lowest BCUT2D eigenvalue weighted by Crippen LogP contribution is -2.38. The molecule has 1 aromatic carbocycles. The maximum Gasteiger partial charge on any atom is 0.251 e. The SMILES string of the molecule is CCNC(=NCc1noc(C)n1)NCCc1cccc(C(=O)NC)c1.I. The molecule has 3 N–H and O–H groups in total. The van der Waals surface area contributed by atoms with E-state index in [0.717, 1.165) is 18.5 Å². The Morgan fingerprint density at radius 2 is 2.12 bits per heavy atom. The lowest BCUT2D eigenvalue weighted by atomic mass is 10.1. The van der Waals surface area contributed by atoms with Crippen LogP contribution in [-0.2, 0) is 13.0 Å². The van der Waals surface area contributed by atoms with Gasteiger partial charge in [0.1, 0.15) is 6.54 Å². The molecule has 9 heteroatoms. The minimum absolute atomic E-state index is 0. The summed E-state index contributed by atoms with van der Waals surface area (Å²) >= 11 is 0. The molecule has 0 radical (unpaired) electrons. The van der Waals surface area contributed by atoms with Gasteiger partial charge in [0.25, 0.3) is 5.91 Å². The fourth-order valence-electron chi connectivity index (χ4n) is 2.23. The number of benzene rings is 1. The fourth-order valence-corrected chi connectivity index (χ4v) is 2.23. The highest BCUT2D eigenvalue weighted by atomic mass is 127. The molecule has 0 fully saturated rings. The van der Waals surface area contributed by atoms with Crippen molar-refractivity contribution < 1.29 is 9.32 Å². The van der Waals surface area contributed by atoms with Crippen molar-refractivity contribution in [2.75, 3.05) is 20.1 Å². The Balaban J connectivity index is 0.00000338. The van der Waals surface area contributed by atoms with Crippen molar-refractivity contribution in [2.45, 2.75) is 26.8 Å². The van der Waals surface area contributed by atoms with Crippen LogP contribution in [0.15, 0.2) is 33.8 Å². The first kappa shape index (κ1) is 21.9. The van der Waals surface area contributed by atoms with E-state index in [9.17, 15) is 4.79 Å². The molecule has 8 nitrogen and oxygen atoms in total. The van der Waals surface area contributed by atoms with Crippen molar-refractivity contribution in [1.29, 1.82) is 0 Å². The Labute approximate surface area is 170 Å². The number of nitrogens with one attached hydrogen (secondary N) is 3. The number of aliphatic imine (C=N–C) groups is 1. The van der Waals surface area contributed by atoms with Crippen LogP contribution in [0.2, 0.25) is 0 Å². The molecule has 1 amide bonds. The Kier molecular flexibility index (Phi) is 9.63. The average Bonchev–Trinajstić information content (AvgIpc) is 3.04. The second-order valence-corrected chi connectivity index (χ2v) is 5.38. The molecule has 2 aromatic rings. The summed E-state index contributed by atoms with van der Waals surface area (Å²) in [5, 5.41) is 12.9. The zero-order valence-electron chi connectivity index (χ0n) is 15.2. The monoisotopic (exact) mass is 472 g/mol. The van der Waals surface area contributed by atoms with Crippen molar-refractivity contribution in [3.63, 3.8) is 0 Å². The predicted octanol–water partition coefficient (Wildman–Crippen LogP) is 1.65. The number of aryl methyl sites for hydroxylation is 1. The third kappa shape index (κ3) is 6.98. The Bertz CT molecular complexity index is 732. The first-order valence-corrected chi connectivity index (χ1v) is 8.24. The Hall–Kier alpha value is -2.17. The van der Waals surface area contributed by atoms with Gasteiger partial charge < -0.3 is 20.5 Å². The fraction of sp³-hybridized carbons (Fsp3) is 0.412. The first-order valence-electron chi connectivity index (χ1n) is 8.24. The minimum atomic E-state index is -0.0832. The van der Waals surface area contributed by atoms with E-state index in [0.29, 0.717) is 36.3 Å². The summed E-state index contributed by atoms with van der Waals surface area (Å²) in [5.74, 6) is 1.68. The number of amides is 1. The normalized spacial score (nSPS) is 10.8. The van der Waals surface area contributed by atoms with Crippen molar-refractivity contribution >= 4 is 35.8 Å². The Morgan fingerprint density at radius 1 is 1.31 bits per heavy atom. The number of carbonyl (C=O) groups excluding carboxylic acids is 1. The highest BCUT2D eigenvalue weighted by Crippen LogP contribution is 2.05. The van der Waals surface area contributed by atoms with Crippen molar-refractivity contribution in [3.05, 3.63) is 47.1 Å². The first-order chi connectivity index (χ1) is 12.1. The predicted molar refractivity (Wildman–Crippen MR) is 111 cm³/mol. The van der Waals surface area contributed by atoms with Crippen LogP contribution in [0.1, 0.15) is 34.6 Å². The van der Waals surface area contributed by atoms with Crippen LogP contribution < -0.4 is 16.0 Å². The van der Waals surface area contributed by atoms with E-state index in [4.69, 9.17) is 4.52 Å². The summed E-state index contributed by atoms with van der Waals surface area (Å²) < 4.78 is 4.93. The third-order valence-corrected chi connectivity index (χ3v) is 3.41. The topological polar surface area (TPSA) is 104 Å². The number of aromatic nitrogens is 2. The van der Waals surface area contributed by atoms with Crippen LogP contribution in [0.4, 0.5) is 0 Å². The molecular formula is C17H25IN6O2. The molecule has 0 aliphatic rings. The van der Waals surface area contributed by atoms with Gasteiger partial charge in [-0.2, -0.15) is 4.98 Å². The molecule has 26 heavy (non-hydrogen) atoms. The highest BCUT2D eigenvalue weighted by Gasteiger charge is 2.05. The number of nitrogens with zero attached hydrogens (tertiary/aromatic N) is 3. The van der Waals surface area contributed by atoms with Crippen LogP contribution in [0.3, 0.4) is 0 Å². The summed E-state index contributed by atoms with van der Waals surface area (Å²) in [4.78, 5) is 20.2. The van der Waals surface area contributed by atoms with Gasteiger partial charge in [-0.15, -0.1) is 24.0 Å². The summed E-state index contributed by atoms with van der Waals surface area (Å²) in [6.07, 6.45) is 0.774. The number of guanidine groups is 1. The number of halogens is 1. The third-order valence-electron chi connectivity index (χ3n) is 3.41. The molecule has 1 aromatic heterocycles. The molecule has 0 saturated carbocycles. The molecule has 0 atom stereocenters. The lowest BCUT2D eigenvalue weighted by molar-refractivity contribution is 0.0963. The largest absolute Gasteiger partial charge is 0.357 e. The van der Waals surface area contributed by atoms with Gasteiger partial charge in [0.05, 0.1) is 0 Å². The lowest BCUT2D eigenvalue weighted by Gasteiger charge is -2.11. The van der Waals surface area contributed by atoms with E-state index >= 15 is 0 Å². The molecule has 0 saturated heterocycles. The van der Waals surface area contributed by atoms with Crippen LogP contribution in [-0.4, -0.2) is 42.1 Å². The minimum Gasteiger partial charge on any atom is -0.357 e. The molecule has 142 valence electrons. The second-order valence-electron chi connectivity index (χ2n) is 5.38. The molecular weight excluding hydrogens is 447 g/mol. The van der Waals surface area contributed by atoms with Crippen LogP contribution in [0.5, 0.6) is 0 Å². The van der Waals surface area contributed by atoms with Crippen molar-refractivity contribution in [3.8, 4) is 0 Å². The van der Waals surface area contributed by atoms with Crippen LogP contribution in [0.25, 0.3) is 0 Å². The van der Waals surface area contributed by atoms with Gasteiger partial charge in [0, 0.05) is 32.6 Å². The molecule has 0 aliphatic carbocycles. The second kappa shape index (κ2) is 11.4. The molecule has 1 heterocycles. The molecule has 0 spiro atoms. The number of carbonyl (C=O) groups is 1. The summed E-state index contributed by atoms with van der Waals surface area (Å²) in [6, 6.07) is 7.58. The standard InChI is InChI=1S/C17H24N6O2.HI/c1-4-19-17(21-11-15-22-12(2)25-23-15)20-9-8-13-6-5-7-14(10-13)16(24)18-3;/h5-7,10H,4,8-9,11H2,1-3H3,(H,18,24)(H2,19,20,21);1H. The average molecular weight is 472 g/mol. The quantitative estimate of drug-likeness (QED) is 0.322. The number of hydrogen-bond acceptors (Lipinski definition) is 5.